The topological polar surface area (TPSA) is 24.9 Å². The standard InChI is InChI=1S/C25H29FN2/c1-18(2)14-25(4,15-20-9-6-5-7-10-20)19(3)27-16-21-13-22-11-8-12-23(26)24(22)28-17-21/h5-13,17-18,27H,3,14-16H2,1-2,4H3. The summed E-state index contributed by atoms with van der Waals surface area (Å²) in [6.45, 7) is 11.8. The lowest BCUT2D eigenvalue weighted by atomic mass is 9.75. The number of halogens is 1. The van der Waals surface area contributed by atoms with Crippen LogP contribution < -0.4 is 5.32 Å². The van der Waals surface area contributed by atoms with E-state index in [4.69, 9.17) is 0 Å². The van der Waals surface area contributed by atoms with Gasteiger partial charge in [-0.1, -0.05) is 69.8 Å². The molecule has 0 amide bonds. The second kappa shape index (κ2) is 8.55. The zero-order valence-corrected chi connectivity index (χ0v) is 17.0. The Morgan fingerprint density at radius 1 is 1.11 bits per heavy atom. The smallest absolute Gasteiger partial charge is 0.149 e. The molecule has 2 aromatic carbocycles. The van der Waals surface area contributed by atoms with Gasteiger partial charge in [-0.25, -0.2) is 4.39 Å². The van der Waals surface area contributed by atoms with E-state index in [0.717, 1.165) is 29.5 Å². The van der Waals surface area contributed by atoms with Gasteiger partial charge in [0.15, 0.2) is 0 Å². The summed E-state index contributed by atoms with van der Waals surface area (Å²) in [7, 11) is 0. The van der Waals surface area contributed by atoms with E-state index < -0.39 is 0 Å². The summed E-state index contributed by atoms with van der Waals surface area (Å²) in [5, 5.41) is 4.33. The summed E-state index contributed by atoms with van der Waals surface area (Å²) >= 11 is 0. The number of pyridine rings is 1. The van der Waals surface area contributed by atoms with Crippen molar-refractivity contribution in [3.05, 3.63) is 90.0 Å². The molecule has 1 N–H and O–H groups in total. The van der Waals surface area contributed by atoms with Gasteiger partial charge < -0.3 is 5.32 Å². The minimum Gasteiger partial charge on any atom is -0.384 e. The fourth-order valence-electron chi connectivity index (χ4n) is 3.94. The van der Waals surface area contributed by atoms with E-state index in [2.05, 4.69) is 61.9 Å². The zero-order chi connectivity index (χ0) is 20.1. The first-order valence-corrected chi connectivity index (χ1v) is 9.88. The molecule has 1 unspecified atom stereocenters. The predicted molar refractivity (Wildman–Crippen MR) is 115 cm³/mol. The maximum absolute atomic E-state index is 13.8. The van der Waals surface area contributed by atoms with Crippen molar-refractivity contribution in [2.24, 2.45) is 11.3 Å². The summed E-state index contributed by atoms with van der Waals surface area (Å²) in [5.74, 6) is 0.284. The molecular formula is C25H29FN2. The lowest BCUT2D eigenvalue weighted by Crippen LogP contribution is -2.32. The summed E-state index contributed by atoms with van der Waals surface area (Å²) < 4.78 is 13.8. The van der Waals surface area contributed by atoms with E-state index >= 15 is 0 Å². The predicted octanol–water partition coefficient (Wildman–Crippen LogP) is 6.27. The molecule has 0 saturated carbocycles. The highest BCUT2D eigenvalue weighted by Gasteiger charge is 2.29. The van der Waals surface area contributed by atoms with Gasteiger partial charge in [0.25, 0.3) is 0 Å². The largest absolute Gasteiger partial charge is 0.384 e. The first kappa shape index (κ1) is 20.1. The maximum Gasteiger partial charge on any atom is 0.149 e. The van der Waals surface area contributed by atoms with Crippen LogP contribution in [0.3, 0.4) is 0 Å². The van der Waals surface area contributed by atoms with Crippen LogP contribution in [0.1, 0.15) is 38.3 Å². The minimum absolute atomic E-state index is 0.0497. The normalized spacial score (nSPS) is 13.5. The first-order valence-electron chi connectivity index (χ1n) is 9.88. The number of nitrogens with zero attached hydrogens (tertiary/aromatic N) is 1. The van der Waals surface area contributed by atoms with Gasteiger partial charge in [-0.15, -0.1) is 0 Å². The zero-order valence-electron chi connectivity index (χ0n) is 17.0. The minimum atomic E-state index is -0.284. The van der Waals surface area contributed by atoms with E-state index in [0.29, 0.717) is 18.0 Å². The molecule has 28 heavy (non-hydrogen) atoms. The number of benzene rings is 2. The molecule has 2 nitrogen and oxygen atoms in total. The molecule has 0 bridgehead atoms. The van der Waals surface area contributed by atoms with Crippen molar-refractivity contribution in [1.29, 1.82) is 0 Å². The van der Waals surface area contributed by atoms with Gasteiger partial charge in [0, 0.05) is 29.2 Å². The number of fused-ring (bicyclic) bond motifs is 1. The molecule has 0 fully saturated rings. The Hall–Kier alpha value is -2.68. The number of hydrogen-bond donors (Lipinski definition) is 1. The van der Waals surface area contributed by atoms with Gasteiger partial charge >= 0.3 is 0 Å². The third kappa shape index (κ3) is 4.78. The van der Waals surface area contributed by atoms with Crippen LogP contribution >= 0.6 is 0 Å². The van der Waals surface area contributed by atoms with Gasteiger partial charge in [-0.05, 0) is 42.0 Å². The molecule has 3 heteroatoms. The molecule has 0 aliphatic rings. The third-order valence-electron chi connectivity index (χ3n) is 5.25. The lowest BCUT2D eigenvalue weighted by Gasteiger charge is -2.34. The summed E-state index contributed by atoms with van der Waals surface area (Å²) in [5.41, 5.74) is 3.73. The Bertz CT molecular complexity index is 949. The van der Waals surface area contributed by atoms with Crippen molar-refractivity contribution in [1.82, 2.24) is 10.3 Å². The molecule has 0 aliphatic heterocycles. The molecule has 3 rings (SSSR count). The molecule has 1 heterocycles. The van der Waals surface area contributed by atoms with Crippen molar-refractivity contribution >= 4 is 10.9 Å². The van der Waals surface area contributed by atoms with Crippen LogP contribution in [0.5, 0.6) is 0 Å². The van der Waals surface area contributed by atoms with E-state index in [1.807, 2.05) is 18.2 Å². The Labute approximate surface area is 167 Å². The first-order chi connectivity index (χ1) is 13.4. The molecule has 1 aromatic heterocycles. The quantitative estimate of drug-likeness (QED) is 0.501. The number of nitrogens with one attached hydrogen (secondary N) is 1. The van der Waals surface area contributed by atoms with Crippen molar-refractivity contribution in [2.75, 3.05) is 0 Å². The number of rotatable bonds is 8. The van der Waals surface area contributed by atoms with E-state index in [1.54, 1.807) is 12.3 Å². The summed E-state index contributed by atoms with van der Waals surface area (Å²) in [4.78, 5) is 4.29. The van der Waals surface area contributed by atoms with E-state index in [9.17, 15) is 4.39 Å². The van der Waals surface area contributed by atoms with Crippen LogP contribution in [0.25, 0.3) is 10.9 Å². The maximum atomic E-state index is 13.8. The van der Waals surface area contributed by atoms with Crippen LogP contribution in [0.4, 0.5) is 4.39 Å². The second-order valence-corrected chi connectivity index (χ2v) is 8.31. The number of para-hydroxylation sites is 1. The molecule has 146 valence electrons. The summed E-state index contributed by atoms with van der Waals surface area (Å²) in [6.07, 6.45) is 3.73. The summed E-state index contributed by atoms with van der Waals surface area (Å²) in [6, 6.07) is 17.6. The van der Waals surface area contributed by atoms with E-state index in [-0.39, 0.29) is 11.2 Å². The Morgan fingerprint density at radius 3 is 2.57 bits per heavy atom. The Morgan fingerprint density at radius 2 is 1.86 bits per heavy atom. The van der Waals surface area contributed by atoms with Gasteiger partial charge in [0.05, 0.1) is 0 Å². The molecule has 0 aliphatic carbocycles. The highest BCUT2D eigenvalue weighted by Crippen LogP contribution is 2.36. The van der Waals surface area contributed by atoms with Crippen LogP contribution in [0, 0.1) is 17.2 Å². The molecule has 1 atom stereocenters. The number of aromatic nitrogens is 1. The highest BCUT2D eigenvalue weighted by molar-refractivity contribution is 5.79. The van der Waals surface area contributed by atoms with Crippen LogP contribution in [-0.2, 0) is 13.0 Å². The average Bonchev–Trinajstić information content (AvgIpc) is 2.66. The molecule has 0 saturated heterocycles. The molecule has 0 radical (unpaired) electrons. The van der Waals surface area contributed by atoms with Crippen molar-refractivity contribution in [2.45, 2.75) is 40.2 Å². The van der Waals surface area contributed by atoms with Gasteiger partial charge in [-0.3, -0.25) is 4.98 Å². The van der Waals surface area contributed by atoms with Gasteiger partial charge in [0.2, 0.25) is 0 Å². The van der Waals surface area contributed by atoms with Crippen LogP contribution in [0.15, 0.2) is 73.1 Å². The van der Waals surface area contributed by atoms with E-state index in [1.165, 1.54) is 11.6 Å². The molecular weight excluding hydrogens is 347 g/mol. The molecule has 0 spiro atoms. The van der Waals surface area contributed by atoms with Crippen molar-refractivity contribution < 1.29 is 4.39 Å². The van der Waals surface area contributed by atoms with Crippen molar-refractivity contribution in [3.63, 3.8) is 0 Å². The fourth-order valence-corrected chi connectivity index (χ4v) is 3.94. The van der Waals surface area contributed by atoms with Crippen LogP contribution in [-0.4, -0.2) is 4.98 Å². The number of allylic oxidation sites excluding steroid dienone is 1. The lowest BCUT2D eigenvalue weighted by molar-refractivity contribution is 0.293. The Balaban J connectivity index is 1.74. The monoisotopic (exact) mass is 376 g/mol. The Kier molecular flexibility index (Phi) is 6.13. The van der Waals surface area contributed by atoms with Crippen molar-refractivity contribution in [3.8, 4) is 0 Å². The van der Waals surface area contributed by atoms with Gasteiger partial charge in [0.1, 0.15) is 11.3 Å². The van der Waals surface area contributed by atoms with Gasteiger partial charge in [-0.2, -0.15) is 0 Å². The second-order valence-electron chi connectivity index (χ2n) is 8.31. The SMILES string of the molecule is C=C(NCc1cnc2c(F)cccc2c1)C(C)(Cc1ccccc1)CC(C)C. The third-order valence-corrected chi connectivity index (χ3v) is 5.25. The highest BCUT2D eigenvalue weighted by atomic mass is 19.1. The fraction of sp³-hybridized carbons (Fsp3) is 0.320. The average molecular weight is 377 g/mol. The van der Waals surface area contributed by atoms with Crippen LogP contribution in [0.2, 0.25) is 0 Å². The molecule has 3 aromatic rings. The number of hydrogen-bond acceptors (Lipinski definition) is 2.